The fourth-order valence-corrected chi connectivity index (χ4v) is 1.46. The van der Waals surface area contributed by atoms with E-state index in [1.54, 1.807) is 12.1 Å². The van der Waals surface area contributed by atoms with Crippen molar-refractivity contribution >= 4 is 28.8 Å². The topological polar surface area (TPSA) is 82.8 Å². The molecule has 18 heavy (non-hydrogen) atoms. The van der Waals surface area contributed by atoms with Crippen LogP contribution in [0.4, 0.5) is 5.69 Å². The van der Waals surface area contributed by atoms with E-state index in [2.05, 4.69) is 5.32 Å². The zero-order chi connectivity index (χ0) is 13.7. The molecule has 0 aliphatic carbocycles. The van der Waals surface area contributed by atoms with Crippen LogP contribution < -0.4 is 25.3 Å². The molecule has 0 bridgehead atoms. The highest BCUT2D eigenvalue weighted by atomic mass is 32.1. The fraction of sp³-hybridized carbons (Fsp3) is 0.273. The summed E-state index contributed by atoms with van der Waals surface area (Å²) in [6.45, 7) is 0. The molecule has 0 fully saturated rings. The van der Waals surface area contributed by atoms with E-state index in [0.29, 0.717) is 22.9 Å². The molecule has 1 aromatic rings. The van der Waals surface area contributed by atoms with Gasteiger partial charge in [-0.15, -0.1) is 0 Å². The Morgan fingerprint density at radius 3 is 2.00 bits per heavy atom. The van der Waals surface area contributed by atoms with Crippen LogP contribution in [0.1, 0.15) is 0 Å². The van der Waals surface area contributed by atoms with Gasteiger partial charge in [0.2, 0.25) is 5.75 Å². The highest BCUT2D eigenvalue weighted by Gasteiger charge is 2.14. The van der Waals surface area contributed by atoms with Gasteiger partial charge in [-0.3, -0.25) is 4.79 Å². The third kappa shape index (κ3) is 3.01. The van der Waals surface area contributed by atoms with Gasteiger partial charge in [0.05, 0.1) is 21.3 Å². The second-order valence-electron chi connectivity index (χ2n) is 3.23. The number of nitrogens with one attached hydrogen (secondary N) is 1. The molecule has 0 aliphatic heterocycles. The van der Waals surface area contributed by atoms with Crippen LogP contribution in [0.25, 0.3) is 0 Å². The van der Waals surface area contributed by atoms with Gasteiger partial charge in [0.15, 0.2) is 16.5 Å². The van der Waals surface area contributed by atoms with Crippen molar-refractivity contribution in [2.45, 2.75) is 0 Å². The summed E-state index contributed by atoms with van der Waals surface area (Å²) in [5.41, 5.74) is 5.57. The van der Waals surface area contributed by atoms with Crippen molar-refractivity contribution in [3.63, 3.8) is 0 Å². The molecule has 0 saturated heterocycles. The van der Waals surface area contributed by atoms with Crippen molar-refractivity contribution in [2.75, 3.05) is 26.6 Å². The van der Waals surface area contributed by atoms with Crippen LogP contribution in [0.5, 0.6) is 17.2 Å². The minimum atomic E-state index is -0.709. The molecule has 0 radical (unpaired) electrons. The van der Waals surface area contributed by atoms with E-state index in [-0.39, 0.29) is 4.99 Å². The summed E-state index contributed by atoms with van der Waals surface area (Å²) < 4.78 is 15.5. The standard InChI is InChI=1S/C11H14N2O4S/c1-15-7-4-6(13-11(18)10(12)14)5-8(16-2)9(7)17-3/h4-5H,1-3H3,(H2,12,14)(H,13,18). The zero-order valence-electron chi connectivity index (χ0n) is 10.3. The molecule has 0 unspecified atom stereocenters. The van der Waals surface area contributed by atoms with Gasteiger partial charge < -0.3 is 25.3 Å². The average molecular weight is 270 g/mol. The Bertz CT molecular complexity index is 451. The maximum atomic E-state index is 10.9. The van der Waals surface area contributed by atoms with Crippen LogP contribution in [-0.4, -0.2) is 32.2 Å². The molecule has 98 valence electrons. The second kappa shape index (κ2) is 6.06. The molecule has 0 heterocycles. The van der Waals surface area contributed by atoms with Gasteiger partial charge in [0, 0.05) is 17.8 Å². The summed E-state index contributed by atoms with van der Waals surface area (Å²) in [5, 5.41) is 2.68. The molecule has 0 aliphatic rings. The third-order valence-electron chi connectivity index (χ3n) is 2.15. The van der Waals surface area contributed by atoms with Gasteiger partial charge in [-0.25, -0.2) is 0 Å². The average Bonchev–Trinajstić information content (AvgIpc) is 2.37. The predicted octanol–water partition coefficient (Wildman–Crippen LogP) is 0.937. The number of ether oxygens (including phenoxy) is 3. The molecule has 0 atom stereocenters. The van der Waals surface area contributed by atoms with Crippen molar-refractivity contribution in [1.29, 1.82) is 0 Å². The number of benzene rings is 1. The van der Waals surface area contributed by atoms with E-state index < -0.39 is 5.91 Å². The van der Waals surface area contributed by atoms with E-state index in [0.717, 1.165) is 0 Å². The van der Waals surface area contributed by atoms with Crippen molar-refractivity contribution in [3.8, 4) is 17.2 Å². The van der Waals surface area contributed by atoms with E-state index in [1.165, 1.54) is 21.3 Å². The molecule has 0 spiro atoms. The Balaban J connectivity index is 3.15. The minimum Gasteiger partial charge on any atom is -0.493 e. The lowest BCUT2D eigenvalue weighted by Gasteiger charge is -2.14. The number of anilines is 1. The van der Waals surface area contributed by atoms with Crippen LogP contribution in [-0.2, 0) is 4.79 Å². The first kappa shape index (κ1) is 14.0. The number of methoxy groups -OCH3 is 3. The first-order valence-corrected chi connectivity index (χ1v) is 5.35. The maximum absolute atomic E-state index is 10.9. The summed E-state index contributed by atoms with van der Waals surface area (Å²) in [5.74, 6) is 0.646. The molecule has 1 rings (SSSR count). The summed E-state index contributed by atoms with van der Waals surface area (Å²) in [6, 6.07) is 3.24. The second-order valence-corrected chi connectivity index (χ2v) is 3.64. The molecule has 7 heteroatoms. The summed E-state index contributed by atoms with van der Waals surface area (Å²) in [7, 11) is 4.49. The van der Waals surface area contributed by atoms with Crippen molar-refractivity contribution in [2.24, 2.45) is 5.73 Å². The lowest BCUT2D eigenvalue weighted by atomic mass is 10.2. The zero-order valence-corrected chi connectivity index (χ0v) is 11.1. The third-order valence-corrected chi connectivity index (χ3v) is 2.45. The van der Waals surface area contributed by atoms with Gasteiger partial charge in [-0.2, -0.15) is 0 Å². The minimum absolute atomic E-state index is 0.0933. The van der Waals surface area contributed by atoms with Crippen molar-refractivity contribution < 1.29 is 19.0 Å². The predicted molar refractivity (Wildman–Crippen MR) is 71.5 cm³/mol. The molecule has 3 N–H and O–H groups in total. The van der Waals surface area contributed by atoms with Gasteiger partial charge in [-0.1, -0.05) is 12.2 Å². The normalized spacial score (nSPS) is 9.50. The first-order chi connectivity index (χ1) is 8.53. The summed E-state index contributed by atoms with van der Waals surface area (Å²) >= 11 is 4.78. The smallest absolute Gasteiger partial charge is 0.276 e. The van der Waals surface area contributed by atoms with Gasteiger partial charge >= 0.3 is 0 Å². The number of carbonyl (C=O) groups is 1. The van der Waals surface area contributed by atoms with Crippen LogP contribution in [0.15, 0.2) is 12.1 Å². The van der Waals surface area contributed by atoms with E-state index in [4.69, 9.17) is 32.2 Å². The largest absolute Gasteiger partial charge is 0.493 e. The monoisotopic (exact) mass is 270 g/mol. The molecule has 0 saturated carbocycles. The quantitative estimate of drug-likeness (QED) is 0.792. The summed E-state index contributed by atoms with van der Waals surface area (Å²) in [6.07, 6.45) is 0. The highest BCUT2D eigenvalue weighted by molar-refractivity contribution is 7.82. The number of carbonyl (C=O) groups excluding carboxylic acids is 1. The number of amides is 1. The van der Waals surface area contributed by atoms with E-state index in [1.807, 2.05) is 0 Å². The maximum Gasteiger partial charge on any atom is 0.276 e. The SMILES string of the molecule is COc1cc(NC(=S)C(N)=O)cc(OC)c1OC. The van der Waals surface area contributed by atoms with Crippen LogP contribution in [0.3, 0.4) is 0 Å². The van der Waals surface area contributed by atoms with E-state index in [9.17, 15) is 4.79 Å². The Morgan fingerprint density at radius 1 is 1.17 bits per heavy atom. The lowest BCUT2D eigenvalue weighted by Crippen LogP contribution is -2.27. The van der Waals surface area contributed by atoms with Crippen LogP contribution >= 0.6 is 12.2 Å². The highest BCUT2D eigenvalue weighted by Crippen LogP contribution is 2.39. The molecule has 1 amide bonds. The number of hydrogen-bond acceptors (Lipinski definition) is 5. The number of rotatable bonds is 4. The van der Waals surface area contributed by atoms with Crippen LogP contribution in [0.2, 0.25) is 0 Å². The number of hydrogen-bond donors (Lipinski definition) is 2. The van der Waals surface area contributed by atoms with Gasteiger partial charge in [0.25, 0.3) is 5.91 Å². The van der Waals surface area contributed by atoms with Gasteiger partial charge in [0.1, 0.15) is 0 Å². The first-order valence-electron chi connectivity index (χ1n) is 4.94. The molecule has 1 aromatic carbocycles. The summed E-state index contributed by atoms with van der Waals surface area (Å²) in [4.78, 5) is 10.8. The molecular weight excluding hydrogens is 256 g/mol. The Hall–Kier alpha value is -2.02. The van der Waals surface area contributed by atoms with Crippen LogP contribution in [0, 0.1) is 0 Å². The Kier molecular flexibility index (Phi) is 4.73. The molecule has 0 aromatic heterocycles. The van der Waals surface area contributed by atoms with Gasteiger partial charge in [-0.05, 0) is 0 Å². The molecular formula is C11H14N2O4S. The lowest BCUT2D eigenvalue weighted by molar-refractivity contribution is -0.111. The number of nitrogens with two attached hydrogens (primary N) is 1. The Labute approximate surface area is 110 Å². The van der Waals surface area contributed by atoms with Crippen molar-refractivity contribution in [1.82, 2.24) is 0 Å². The Morgan fingerprint density at radius 2 is 1.67 bits per heavy atom. The van der Waals surface area contributed by atoms with Crippen molar-refractivity contribution in [3.05, 3.63) is 12.1 Å². The van der Waals surface area contributed by atoms with E-state index >= 15 is 0 Å². The number of primary amides is 1. The fourth-order valence-electron chi connectivity index (χ4n) is 1.35. The number of thiocarbonyl (C=S) groups is 1. The molecule has 6 nitrogen and oxygen atoms in total.